The average molecular weight is 326 g/mol. The number of hydrogen-bond donors (Lipinski definition) is 1. The zero-order chi connectivity index (χ0) is 17.1. The number of hydrogen-bond acceptors (Lipinski definition) is 3. The fourth-order valence-corrected chi connectivity index (χ4v) is 3.05. The number of carbonyl (C=O) groups is 1. The first kappa shape index (κ1) is 16.3. The zero-order valence-electron chi connectivity index (χ0n) is 14.0. The van der Waals surface area contributed by atoms with Crippen molar-refractivity contribution in [1.29, 1.82) is 0 Å². The van der Waals surface area contributed by atoms with E-state index < -0.39 is 0 Å². The van der Waals surface area contributed by atoms with E-state index in [2.05, 4.69) is 4.98 Å². The molecule has 1 N–H and O–H groups in total. The smallest absolute Gasteiger partial charge is 0.254 e. The molecule has 1 unspecified atom stereocenters. The van der Waals surface area contributed by atoms with E-state index in [1.165, 1.54) is 6.07 Å². The molecule has 5 nitrogen and oxygen atoms in total. The summed E-state index contributed by atoms with van der Waals surface area (Å²) in [5, 5.41) is 0. The minimum absolute atomic E-state index is 0.102. The molecule has 0 radical (unpaired) electrons. The Kier molecular flexibility index (Phi) is 4.69. The summed E-state index contributed by atoms with van der Waals surface area (Å²) in [5.41, 5.74) is 1.99. The second-order valence-electron chi connectivity index (χ2n) is 6.23. The van der Waals surface area contributed by atoms with Gasteiger partial charge in [0.2, 0.25) is 5.56 Å². The number of nitrogens with one attached hydrogen (secondary N) is 1. The fraction of sp³-hybridized carbons (Fsp3) is 0.368. The van der Waals surface area contributed by atoms with Crippen LogP contribution in [0.4, 0.5) is 0 Å². The molecule has 1 aromatic heterocycles. The molecule has 0 saturated carbocycles. The van der Waals surface area contributed by atoms with Crippen LogP contribution in [0.3, 0.4) is 0 Å². The number of aromatic nitrogens is 1. The molecule has 5 heteroatoms. The van der Waals surface area contributed by atoms with E-state index in [9.17, 15) is 9.59 Å². The molecule has 3 rings (SSSR count). The quantitative estimate of drug-likeness (QED) is 0.943. The van der Waals surface area contributed by atoms with Crippen LogP contribution in [0, 0.1) is 0 Å². The number of rotatable bonds is 3. The molecule has 1 aliphatic heterocycles. The monoisotopic (exact) mass is 326 g/mol. The van der Waals surface area contributed by atoms with Crippen LogP contribution in [-0.4, -0.2) is 28.4 Å². The van der Waals surface area contributed by atoms with E-state index in [1.54, 1.807) is 11.0 Å². The highest BCUT2D eigenvalue weighted by molar-refractivity contribution is 5.94. The highest BCUT2D eigenvalue weighted by Crippen LogP contribution is 2.25. The second-order valence-corrected chi connectivity index (χ2v) is 6.23. The first-order valence-corrected chi connectivity index (χ1v) is 8.34. The number of pyridine rings is 1. The zero-order valence-corrected chi connectivity index (χ0v) is 14.0. The third-order valence-corrected chi connectivity index (χ3v) is 4.09. The summed E-state index contributed by atoms with van der Waals surface area (Å²) in [6.45, 7) is 4.96. The predicted molar refractivity (Wildman–Crippen MR) is 92.3 cm³/mol. The van der Waals surface area contributed by atoms with Crippen LogP contribution in [-0.2, 0) is 13.0 Å². The van der Waals surface area contributed by atoms with Gasteiger partial charge in [0, 0.05) is 29.4 Å². The summed E-state index contributed by atoms with van der Waals surface area (Å²) in [5.74, 6) is 0.684. The second kappa shape index (κ2) is 6.91. The fourth-order valence-electron chi connectivity index (χ4n) is 3.05. The van der Waals surface area contributed by atoms with Crippen molar-refractivity contribution < 1.29 is 9.53 Å². The van der Waals surface area contributed by atoms with E-state index in [0.29, 0.717) is 18.7 Å². The minimum Gasteiger partial charge on any atom is -0.489 e. The van der Waals surface area contributed by atoms with Crippen LogP contribution in [0.1, 0.15) is 41.9 Å². The summed E-state index contributed by atoms with van der Waals surface area (Å²) in [6.07, 6.45) is 1.56. The van der Waals surface area contributed by atoms with Crippen molar-refractivity contribution in [2.24, 2.45) is 0 Å². The van der Waals surface area contributed by atoms with Gasteiger partial charge in [-0.2, -0.15) is 0 Å². The number of benzene rings is 1. The van der Waals surface area contributed by atoms with Crippen molar-refractivity contribution in [2.75, 3.05) is 6.54 Å². The molecule has 126 valence electrons. The van der Waals surface area contributed by atoms with Crippen molar-refractivity contribution in [2.45, 2.75) is 39.3 Å². The van der Waals surface area contributed by atoms with Crippen LogP contribution < -0.4 is 10.3 Å². The molecule has 0 bridgehead atoms. The number of amides is 1. The molecule has 0 saturated heterocycles. The van der Waals surface area contributed by atoms with Crippen LogP contribution in [0.2, 0.25) is 0 Å². The maximum Gasteiger partial charge on any atom is 0.254 e. The standard InChI is InChI=1S/C19H22N2O3/c1-3-6-16-9-15(10-18(22)20-16)19(23)21-11-13(2)24-17-8-5-4-7-14(17)12-21/h4-5,7-10,13H,3,6,11-12H2,1-2H3,(H,20,22). The summed E-state index contributed by atoms with van der Waals surface area (Å²) in [4.78, 5) is 29.3. The molecule has 1 atom stereocenters. The van der Waals surface area contributed by atoms with E-state index in [4.69, 9.17) is 4.74 Å². The Morgan fingerprint density at radius 2 is 2.12 bits per heavy atom. The Bertz CT molecular complexity index is 797. The highest BCUT2D eigenvalue weighted by atomic mass is 16.5. The summed E-state index contributed by atoms with van der Waals surface area (Å²) in [6, 6.07) is 10.9. The number of carbonyl (C=O) groups excluding carboxylic acids is 1. The molecule has 0 spiro atoms. The lowest BCUT2D eigenvalue weighted by Gasteiger charge is -2.22. The van der Waals surface area contributed by atoms with Gasteiger partial charge in [0.05, 0.1) is 6.54 Å². The van der Waals surface area contributed by atoms with Gasteiger partial charge in [-0.3, -0.25) is 9.59 Å². The molecule has 1 aliphatic rings. The Labute approximate surface area is 141 Å². The summed E-state index contributed by atoms with van der Waals surface area (Å²) in [7, 11) is 0. The van der Waals surface area contributed by atoms with E-state index >= 15 is 0 Å². The topological polar surface area (TPSA) is 62.4 Å². The van der Waals surface area contributed by atoms with Gasteiger partial charge in [0.25, 0.3) is 5.91 Å². The normalized spacial score (nSPS) is 16.9. The van der Waals surface area contributed by atoms with Crippen molar-refractivity contribution in [1.82, 2.24) is 9.88 Å². The Morgan fingerprint density at radius 3 is 2.92 bits per heavy atom. The lowest BCUT2D eigenvalue weighted by molar-refractivity contribution is 0.0690. The number of H-pyrrole nitrogens is 1. The van der Waals surface area contributed by atoms with Crippen molar-refractivity contribution in [3.63, 3.8) is 0 Å². The van der Waals surface area contributed by atoms with Gasteiger partial charge in [-0.05, 0) is 25.5 Å². The third kappa shape index (κ3) is 3.50. The van der Waals surface area contributed by atoms with E-state index in [1.807, 2.05) is 38.1 Å². The number of para-hydroxylation sites is 1. The van der Waals surface area contributed by atoms with Crippen LogP contribution in [0.15, 0.2) is 41.2 Å². The van der Waals surface area contributed by atoms with Gasteiger partial charge < -0.3 is 14.6 Å². The van der Waals surface area contributed by atoms with E-state index in [0.717, 1.165) is 29.8 Å². The van der Waals surface area contributed by atoms with Gasteiger partial charge in [-0.25, -0.2) is 0 Å². The molecule has 1 aromatic carbocycles. The predicted octanol–water partition coefficient (Wildman–Crippen LogP) is 2.75. The highest BCUT2D eigenvalue weighted by Gasteiger charge is 2.24. The van der Waals surface area contributed by atoms with Gasteiger partial charge in [-0.1, -0.05) is 31.5 Å². The molecule has 2 aromatic rings. The Hall–Kier alpha value is -2.56. The lowest BCUT2D eigenvalue weighted by Crippen LogP contribution is -2.36. The molecule has 24 heavy (non-hydrogen) atoms. The maximum atomic E-state index is 12.9. The van der Waals surface area contributed by atoms with Gasteiger partial charge >= 0.3 is 0 Å². The van der Waals surface area contributed by atoms with Crippen molar-refractivity contribution >= 4 is 5.91 Å². The third-order valence-electron chi connectivity index (χ3n) is 4.09. The van der Waals surface area contributed by atoms with Gasteiger partial charge in [-0.15, -0.1) is 0 Å². The van der Waals surface area contributed by atoms with Crippen molar-refractivity contribution in [3.05, 3.63) is 63.6 Å². The molecule has 0 fully saturated rings. The van der Waals surface area contributed by atoms with Gasteiger partial charge in [0.1, 0.15) is 11.9 Å². The summed E-state index contributed by atoms with van der Waals surface area (Å²) >= 11 is 0. The number of fused-ring (bicyclic) bond motifs is 1. The van der Waals surface area contributed by atoms with Crippen LogP contribution >= 0.6 is 0 Å². The summed E-state index contributed by atoms with van der Waals surface area (Å²) < 4.78 is 5.90. The Balaban J connectivity index is 1.91. The van der Waals surface area contributed by atoms with Gasteiger partial charge in [0.15, 0.2) is 0 Å². The largest absolute Gasteiger partial charge is 0.489 e. The number of ether oxygens (including phenoxy) is 1. The first-order chi connectivity index (χ1) is 11.6. The molecule has 1 amide bonds. The average Bonchev–Trinajstić information content (AvgIpc) is 2.71. The number of nitrogens with zero attached hydrogens (tertiary/aromatic N) is 1. The van der Waals surface area contributed by atoms with E-state index in [-0.39, 0.29) is 17.6 Å². The van der Waals surface area contributed by atoms with Crippen molar-refractivity contribution in [3.8, 4) is 5.75 Å². The SMILES string of the molecule is CCCc1cc(C(=O)N2Cc3ccccc3OC(C)C2)cc(=O)[nH]1. The van der Waals surface area contributed by atoms with Crippen LogP contribution in [0.5, 0.6) is 5.75 Å². The number of aromatic amines is 1. The number of aryl methyl sites for hydroxylation is 1. The molecular weight excluding hydrogens is 304 g/mol. The Morgan fingerprint density at radius 1 is 1.33 bits per heavy atom. The minimum atomic E-state index is -0.233. The molecule has 0 aliphatic carbocycles. The van der Waals surface area contributed by atoms with Crippen LogP contribution in [0.25, 0.3) is 0 Å². The lowest BCUT2D eigenvalue weighted by atomic mass is 10.1. The first-order valence-electron chi connectivity index (χ1n) is 8.34. The maximum absolute atomic E-state index is 12.9. The molecule has 2 heterocycles. The molecular formula is C19H22N2O3.